The van der Waals surface area contributed by atoms with E-state index in [-0.39, 0.29) is 18.0 Å². The molecular formula is C16H23FN6O2. The number of hydrogen-bond acceptors (Lipinski definition) is 6. The molecule has 8 nitrogen and oxygen atoms in total. The van der Waals surface area contributed by atoms with E-state index in [1.807, 2.05) is 7.05 Å². The molecule has 0 atom stereocenters. The number of rotatable bonds is 5. The van der Waals surface area contributed by atoms with Crippen molar-refractivity contribution in [3.8, 4) is 0 Å². The standard InChI is InChI=1S/C16H23FN6O2/c1-21-6-8-22(9-7-21)15(24)11-20-16(25)13-3-2-12(10-14(13)17)23(19)5-4-18/h2-5,10H,6-9,11,18-19H2,1H3,(H,20,25)/b5-4-. The van der Waals surface area contributed by atoms with Gasteiger partial charge in [-0.3, -0.25) is 14.6 Å². The average molecular weight is 350 g/mol. The quantitative estimate of drug-likeness (QED) is 0.485. The van der Waals surface area contributed by atoms with Crippen molar-refractivity contribution in [3.63, 3.8) is 0 Å². The molecule has 1 aliphatic heterocycles. The third-order valence-corrected chi connectivity index (χ3v) is 4.00. The number of amides is 2. The van der Waals surface area contributed by atoms with Gasteiger partial charge in [0.15, 0.2) is 0 Å². The van der Waals surface area contributed by atoms with Crippen LogP contribution in [0.25, 0.3) is 0 Å². The van der Waals surface area contributed by atoms with Crippen LogP contribution in [-0.2, 0) is 4.79 Å². The van der Waals surface area contributed by atoms with Crippen molar-refractivity contribution < 1.29 is 14.0 Å². The Morgan fingerprint density at radius 1 is 1.32 bits per heavy atom. The van der Waals surface area contributed by atoms with Gasteiger partial charge in [0.2, 0.25) is 5.91 Å². The van der Waals surface area contributed by atoms with Crippen molar-refractivity contribution in [2.75, 3.05) is 44.8 Å². The van der Waals surface area contributed by atoms with E-state index in [4.69, 9.17) is 11.6 Å². The molecule has 2 rings (SSSR count). The molecule has 0 spiro atoms. The number of hydrazine groups is 1. The lowest BCUT2D eigenvalue weighted by atomic mass is 10.1. The molecule has 0 unspecified atom stereocenters. The summed E-state index contributed by atoms with van der Waals surface area (Å²) in [5, 5.41) is 3.59. The lowest BCUT2D eigenvalue weighted by Gasteiger charge is -2.32. The Kier molecular flexibility index (Phi) is 6.31. The summed E-state index contributed by atoms with van der Waals surface area (Å²) in [5.74, 6) is 4.07. The minimum Gasteiger partial charge on any atom is -0.403 e. The van der Waals surface area contributed by atoms with Crippen molar-refractivity contribution in [1.82, 2.24) is 15.1 Å². The Bertz CT molecular complexity index is 658. The topological polar surface area (TPSA) is 108 Å². The van der Waals surface area contributed by atoms with Gasteiger partial charge in [0.05, 0.1) is 17.8 Å². The minimum atomic E-state index is -0.733. The maximum Gasteiger partial charge on any atom is 0.254 e. The van der Waals surface area contributed by atoms with Crippen molar-refractivity contribution in [3.05, 3.63) is 42.0 Å². The molecule has 1 saturated heterocycles. The number of anilines is 1. The van der Waals surface area contributed by atoms with Crippen LogP contribution in [0, 0.1) is 5.82 Å². The van der Waals surface area contributed by atoms with E-state index in [1.54, 1.807) is 4.90 Å². The van der Waals surface area contributed by atoms with Gasteiger partial charge in [-0.25, -0.2) is 10.2 Å². The van der Waals surface area contributed by atoms with Crippen molar-refractivity contribution >= 4 is 17.5 Å². The molecule has 2 amide bonds. The summed E-state index contributed by atoms with van der Waals surface area (Å²) in [4.78, 5) is 28.0. The molecule has 0 saturated carbocycles. The third-order valence-electron chi connectivity index (χ3n) is 4.00. The van der Waals surface area contributed by atoms with Crippen molar-refractivity contribution in [2.24, 2.45) is 11.6 Å². The lowest BCUT2D eigenvalue weighted by molar-refractivity contribution is -0.131. The fraction of sp³-hybridized carbons (Fsp3) is 0.375. The average Bonchev–Trinajstić information content (AvgIpc) is 2.60. The van der Waals surface area contributed by atoms with E-state index >= 15 is 0 Å². The van der Waals surface area contributed by atoms with Crippen LogP contribution in [0.3, 0.4) is 0 Å². The lowest BCUT2D eigenvalue weighted by Crippen LogP contribution is -2.50. The summed E-state index contributed by atoms with van der Waals surface area (Å²) < 4.78 is 14.1. The number of nitrogens with zero attached hydrogens (tertiary/aromatic N) is 3. The van der Waals surface area contributed by atoms with Crippen LogP contribution in [0.1, 0.15) is 10.4 Å². The van der Waals surface area contributed by atoms with E-state index in [0.29, 0.717) is 18.8 Å². The maximum absolute atomic E-state index is 14.1. The fourth-order valence-corrected chi connectivity index (χ4v) is 2.45. The number of piperazine rings is 1. The zero-order chi connectivity index (χ0) is 18.4. The summed E-state index contributed by atoms with van der Waals surface area (Å²) in [7, 11) is 1.99. The van der Waals surface area contributed by atoms with Crippen LogP contribution in [-0.4, -0.2) is 61.4 Å². The Hall–Kier alpha value is -2.65. The predicted octanol–water partition coefficient (Wildman–Crippen LogP) is -0.560. The second kappa shape index (κ2) is 8.45. The number of halogens is 1. The van der Waals surface area contributed by atoms with E-state index in [2.05, 4.69) is 10.2 Å². The molecule has 0 radical (unpaired) electrons. The number of benzene rings is 1. The van der Waals surface area contributed by atoms with Gasteiger partial charge in [-0.05, 0) is 25.2 Å². The highest BCUT2D eigenvalue weighted by molar-refractivity contribution is 5.97. The fourth-order valence-electron chi connectivity index (χ4n) is 2.45. The zero-order valence-electron chi connectivity index (χ0n) is 14.1. The van der Waals surface area contributed by atoms with E-state index in [1.165, 1.54) is 24.5 Å². The summed E-state index contributed by atoms with van der Waals surface area (Å²) in [6.45, 7) is 2.67. The second-order valence-electron chi connectivity index (χ2n) is 5.78. The Morgan fingerprint density at radius 2 is 2.00 bits per heavy atom. The first-order chi connectivity index (χ1) is 11.9. The van der Waals surface area contributed by atoms with Gasteiger partial charge < -0.3 is 20.9 Å². The minimum absolute atomic E-state index is 0.153. The Balaban J connectivity index is 1.93. The van der Waals surface area contributed by atoms with Gasteiger partial charge in [0, 0.05) is 38.6 Å². The molecule has 0 aliphatic carbocycles. The van der Waals surface area contributed by atoms with Gasteiger partial charge in [0.1, 0.15) is 5.82 Å². The first kappa shape index (κ1) is 18.7. The predicted molar refractivity (Wildman–Crippen MR) is 92.8 cm³/mol. The molecular weight excluding hydrogens is 327 g/mol. The molecule has 1 aromatic carbocycles. The first-order valence-corrected chi connectivity index (χ1v) is 7.88. The number of carbonyl (C=O) groups is 2. The van der Waals surface area contributed by atoms with Gasteiger partial charge in [-0.1, -0.05) is 0 Å². The normalized spacial score (nSPS) is 15.4. The molecule has 9 heteroatoms. The smallest absolute Gasteiger partial charge is 0.254 e. The van der Waals surface area contributed by atoms with Crippen molar-refractivity contribution in [1.29, 1.82) is 0 Å². The number of hydrogen-bond donors (Lipinski definition) is 3. The van der Waals surface area contributed by atoms with Crippen LogP contribution < -0.4 is 21.9 Å². The molecule has 136 valence electrons. The summed E-state index contributed by atoms with van der Waals surface area (Å²) in [5.41, 5.74) is 5.41. The summed E-state index contributed by atoms with van der Waals surface area (Å²) in [6, 6.07) is 3.92. The zero-order valence-corrected chi connectivity index (χ0v) is 14.1. The summed E-state index contributed by atoms with van der Waals surface area (Å²) in [6.07, 6.45) is 2.56. The first-order valence-electron chi connectivity index (χ1n) is 7.88. The van der Waals surface area contributed by atoms with Crippen LogP contribution in [0.15, 0.2) is 30.6 Å². The molecule has 0 bridgehead atoms. The number of nitrogens with one attached hydrogen (secondary N) is 1. The molecule has 0 aromatic heterocycles. The number of carbonyl (C=O) groups excluding carboxylic acids is 2. The Labute approximate surface area is 145 Å². The van der Waals surface area contributed by atoms with Crippen LogP contribution in [0.2, 0.25) is 0 Å². The molecule has 1 fully saturated rings. The highest BCUT2D eigenvalue weighted by Gasteiger charge is 2.20. The van der Waals surface area contributed by atoms with Gasteiger partial charge >= 0.3 is 0 Å². The van der Waals surface area contributed by atoms with E-state index in [0.717, 1.165) is 24.2 Å². The third kappa shape index (κ3) is 4.91. The van der Waals surface area contributed by atoms with Gasteiger partial charge in [-0.2, -0.15) is 0 Å². The molecule has 1 heterocycles. The SMILES string of the molecule is CN1CCN(C(=O)CNC(=O)c2ccc(N(N)/C=C\N)cc2F)CC1. The van der Waals surface area contributed by atoms with Gasteiger partial charge in [-0.15, -0.1) is 0 Å². The Morgan fingerprint density at radius 3 is 2.60 bits per heavy atom. The molecule has 5 N–H and O–H groups in total. The number of nitrogens with two attached hydrogens (primary N) is 2. The van der Waals surface area contributed by atoms with Crippen LogP contribution in [0.4, 0.5) is 10.1 Å². The molecule has 25 heavy (non-hydrogen) atoms. The van der Waals surface area contributed by atoms with Gasteiger partial charge in [0.25, 0.3) is 5.91 Å². The monoisotopic (exact) mass is 350 g/mol. The van der Waals surface area contributed by atoms with Crippen LogP contribution in [0.5, 0.6) is 0 Å². The van der Waals surface area contributed by atoms with Crippen molar-refractivity contribution in [2.45, 2.75) is 0 Å². The maximum atomic E-state index is 14.1. The molecule has 1 aromatic rings. The van der Waals surface area contributed by atoms with E-state index < -0.39 is 11.7 Å². The van der Waals surface area contributed by atoms with Crippen LogP contribution >= 0.6 is 0 Å². The highest BCUT2D eigenvalue weighted by atomic mass is 19.1. The number of likely N-dealkylation sites (N-methyl/N-ethyl adjacent to an activating group) is 1. The summed E-state index contributed by atoms with van der Waals surface area (Å²) >= 11 is 0. The highest BCUT2D eigenvalue weighted by Crippen LogP contribution is 2.17. The molecule has 1 aliphatic rings. The second-order valence-corrected chi connectivity index (χ2v) is 5.78. The van der Waals surface area contributed by atoms with E-state index in [9.17, 15) is 14.0 Å². The largest absolute Gasteiger partial charge is 0.403 e.